The minimum absolute atomic E-state index is 0.00372. The number of nitrogens with zero attached hydrogens (tertiary/aromatic N) is 3. The van der Waals surface area contributed by atoms with Crippen molar-refractivity contribution < 1.29 is 26.7 Å². The number of urea groups is 1. The van der Waals surface area contributed by atoms with Crippen LogP contribution in [0.5, 0.6) is 0 Å². The standard InChI is InChI=1S/C27H29ClF2N6O4S/c1-16-15-40-11-10-36(16)24-13-22(27(8-9-27)41(38,39)21-7-4-18(31)12-20(21)28)34-25(35-24)17-2-5-19(6-3-17)33-26(37)32-14-23(29)30/h2-7,12-13,16,23H,8-11,14-15,31H2,1H3,(H2,32,33,37)/t16-/m0/s1. The van der Waals surface area contributed by atoms with Crippen LogP contribution in [0.3, 0.4) is 0 Å². The molecule has 1 saturated carbocycles. The molecule has 0 bridgehead atoms. The summed E-state index contributed by atoms with van der Waals surface area (Å²) >= 11 is 6.34. The third-order valence-corrected chi connectivity index (χ3v) is 10.1. The number of sulfone groups is 1. The molecule has 1 atom stereocenters. The number of hydrogen-bond donors (Lipinski definition) is 3. The second-order valence-electron chi connectivity index (χ2n) is 10.0. The summed E-state index contributed by atoms with van der Waals surface area (Å²) in [5, 5.41) is 4.62. The third kappa shape index (κ3) is 5.92. The summed E-state index contributed by atoms with van der Waals surface area (Å²) < 4.78 is 57.0. The number of nitrogens with two attached hydrogens (primary N) is 1. The van der Waals surface area contributed by atoms with Gasteiger partial charge >= 0.3 is 6.03 Å². The summed E-state index contributed by atoms with van der Waals surface area (Å²) in [6.07, 6.45) is -1.94. The number of carbonyl (C=O) groups excluding carboxylic acids is 1. The third-order valence-electron chi connectivity index (χ3n) is 7.12. The van der Waals surface area contributed by atoms with Crippen molar-refractivity contribution in [2.24, 2.45) is 0 Å². The zero-order valence-electron chi connectivity index (χ0n) is 22.1. The van der Waals surface area contributed by atoms with Gasteiger partial charge in [0.2, 0.25) is 0 Å². The van der Waals surface area contributed by atoms with Crippen LogP contribution in [0.2, 0.25) is 5.02 Å². The molecule has 2 aromatic carbocycles. The lowest BCUT2D eigenvalue weighted by Crippen LogP contribution is -2.44. The Kier molecular flexibility index (Phi) is 8.04. The van der Waals surface area contributed by atoms with E-state index in [1.54, 1.807) is 30.3 Å². The first-order valence-electron chi connectivity index (χ1n) is 13.0. The smallest absolute Gasteiger partial charge is 0.319 e. The molecule has 10 nitrogen and oxygen atoms in total. The normalized spacial score (nSPS) is 18.3. The number of nitrogens with one attached hydrogen (secondary N) is 2. The van der Waals surface area contributed by atoms with Gasteiger partial charge in [-0.1, -0.05) is 11.6 Å². The second kappa shape index (κ2) is 11.4. The summed E-state index contributed by atoms with van der Waals surface area (Å²) in [5.41, 5.74) is 7.46. The van der Waals surface area contributed by atoms with E-state index in [4.69, 9.17) is 32.0 Å². The quantitative estimate of drug-likeness (QED) is 0.320. The predicted octanol–water partition coefficient (Wildman–Crippen LogP) is 4.45. The SMILES string of the molecule is C[C@H]1COCCN1c1cc(C2(S(=O)(=O)c3ccc(N)cc3Cl)CC2)nc(-c2ccc(NC(=O)NCC(F)F)cc2)n1. The topological polar surface area (TPSA) is 140 Å². The molecule has 4 N–H and O–H groups in total. The first kappa shape index (κ1) is 29.0. The summed E-state index contributed by atoms with van der Waals surface area (Å²) in [6, 6.07) is 11.8. The fraction of sp³-hybridized carbons (Fsp3) is 0.370. The van der Waals surface area contributed by atoms with E-state index in [0.29, 0.717) is 66.9 Å². The van der Waals surface area contributed by atoms with Crippen LogP contribution in [0.1, 0.15) is 25.5 Å². The summed E-state index contributed by atoms with van der Waals surface area (Å²) in [4.78, 5) is 23.4. The zero-order chi connectivity index (χ0) is 29.4. The first-order chi connectivity index (χ1) is 19.5. The number of amides is 2. The van der Waals surface area contributed by atoms with E-state index >= 15 is 0 Å². The lowest BCUT2D eigenvalue weighted by molar-refractivity contribution is 0.0985. The Morgan fingerprint density at radius 2 is 1.93 bits per heavy atom. The van der Waals surface area contributed by atoms with Gasteiger partial charge in [0.15, 0.2) is 15.7 Å². The molecule has 41 heavy (non-hydrogen) atoms. The Hall–Kier alpha value is -3.55. The molecule has 1 aromatic heterocycles. The zero-order valence-corrected chi connectivity index (χ0v) is 23.7. The number of aromatic nitrogens is 2. The van der Waals surface area contributed by atoms with E-state index in [2.05, 4.69) is 15.5 Å². The van der Waals surface area contributed by atoms with Crippen LogP contribution >= 0.6 is 11.6 Å². The number of hydrogen-bond acceptors (Lipinski definition) is 8. The van der Waals surface area contributed by atoms with Gasteiger partial charge in [-0.3, -0.25) is 0 Å². The van der Waals surface area contributed by atoms with Gasteiger partial charge in [-0.25, -0.2) is 32.0 Å². The first-order valence-corrected chi connectivity index (χ1v) is 14.8. The Morgan fingerprint density at radius 3 is 2.56 bits per heavy atom. The number of anilines is 3. The summed E-state index contributed by atoms with van der Waals surface area (Å²) in [5.74, 6) is 0.869. The number of alkyl halides is 2. The van der Waals surface area contributed by atoms with Crippen molar-refractivity contribution in [2.75, 3.05) is 42.3 Å². The number of ether oxygens (including phenoxy) is 1. The van der Waals surface area contributed by atoms with E-state index in [0.717, 1.165) is 0 Å². The Morgan fingerprint density at radius 1 is 1.20 bits per heavy atom. The van der Waals surface area contributed by atoms with Crippen molar-refractivity contribution in [2.45, 2.75) is 41.9 Å². The minimum atomic E-state index is -3.95. The number of morpholine rings is 1. The molecule has 1 aliphatic heterocycles. The Balaban J connectivity index is 1.53. The molecule has 0 unspecified atom stereocenters. The molecule has 5 rings (SSSR count). The van der Waals surface area contributed by atoms with E-state index < -0.39 is 33.6 Å². The molecule has 2 heterocycles. The van der Waals surface area contributed by atoms with E-state index in [9.17, 15) is 22.0 Å². The monoisotopic (exact) mass is 606 g/mol. The molecular weight excluding hydrogens is 578 g/mol. The molecule has 0 radical (unpaired) electrons. The summed E-state index contributed by atoms with van der Waals surface area (Å²) in [7, 11) is -3.95. The van der Waals surface area contributed by atoms with E-state index in [1.165, 1.54) is 18.2 Å². The van der Waals surface area contributed by atoms with Gasteiger partial charge in [0.25, 0.3) is 6.43 Å². The predicted molar refractivity (Wildman–Crippen MR) is 152 cm³/mol. The molecule has 2 fully saturated rings. The highest BCUT2D eigenvalue weighted by Crippen LogP contribution is 2.56. The van der Waals surface area contributed by atoms with Crippen molar-refractivity contribution >= 4 is 44.7 Å². The fourth-order valence-corrected chi connectivity index (χ4v) is 7.28. The van der Waals surface area contributed by atoms with Crippen LogP contribution in [-0.4, -0.2) is 63.2 Å². The average Bonchev–Trinajstić information content (AvgIpc) is 3.75. The van der Waals surface area contributed by atoms with Crippen LogP contribution in [0.15, 0.2) is 53.4 Å². The van der Waals surface area contributed by atoms with Gasteiger partial charge in [0, 0.05) is 29.5 Å². The average molecular weight is 607 g/mol. The largest absolute Gasteiger partial charge is 0.399 e. The number of halogens is 3. The van der Waals surface area contributed by atoms with Crippen LogP contribution < -0.4 is 21.3 Å². The number of rotatable bonds is 8. The minimum Gasteiger partial charge on any atom is -0.399 e. The van der Waals surface area contributed by atoms with Crippen molar-refractivity contribution in [3.63, 3.8) is 0 Å². The lowest BCUT2D eigenvalue weighted by atomic mass is 10.1. The number of benzene rings is 2. The second-order valence-corrected chi connectivity index (χ2v) is 12.7. The van der Waals surface area contributed by atoms with Gasteiger partial charge in [-0.05, 0) is 62.2 Å². The highest BCUT2D eigenvalue weighted by molar-refractivity contribution is 7.92. The summed E-state index contributed by atoms with van der Waals surface area (Å²) in [6.45, 7) is 2.79. The maximum Gasteiger partial charge on any atom is 0.319 e. The van der Waals surface area contributed by atoms with Crippen molar-refractivity contribution in [3.05, 3.63) is 59.2 Å². The van der Waals surface area contributed by atoms with Crippen molar-refractivity contribution in [1.29, 1.82) is 0 Å². The van der Waals surface area contributed by atoms with Gasteiger partial charge in [0.1, 0.15) is 10.6 Å². The lowest BCUT2D eigenvalue weighted by Gasteiger charge is -2.34. The van der Waals surface area contributed by atoms with Crippen LogP contribution in [0, 0.1) is 0 Å². The van der Waals surface area contributed by atoms with Gasteiger partial charge in [0.05, 0.1) is 41.4 Å². The van der Waals surface area contributed by atoms with Gasteiger partial charge in [-0.2, -0.15) is 0 Å². The highest BCUT2D eigenvalue weighted by atomic mass is 35.5. The van der Waals surface area contributed by atoms with Crippen molar-refractivity contribution in [1.82, 2.24) is 15.3 Å². The number of nitrogen functional groups attached to an aromatic ring is 1. The molecule has 2 amide bonds. The van der Waals surface area contributed by atoms with Crippen molar-refractivity contribution in [3.8, 4) is 11.4 Å². The molecule has 0 spiro atoms. The maximum atomic E-state index is 14.0. The molecule has 1 aliphatic carbocycles. The molecular formula is C27H29ClF2N6O4S. The van der Waals surface area contributed by atoms with Crippen LogP contribution in [0.4, 0.5) is 30.8 Å². The molecule has 1 saturated heterocycles. The maximum absolute atomic E-state index is 14.0. The van der Waals surface area contributed by atoms with Crippen LogP contribution in [0.25, 0.3) is 11.4 Å². The van der Waals surface area contributed by atoms with Gasteiger partial charge in [-0.15, -0.1) is 0 Å². The highest BCUT2D eigenvalue weighted by Gasteiger charge is 2.58. The van der Waals surface area contributed by atoms with E-state index in [-0.39, 0.29) is 16.0 Å². The molecule has 218 valence electrons. The van der Waals surface area contributed by atoms with E-state index in [1.807, 2.05) is 6.92 Å². The molecule has 2 aliphatic rings. The van der Waals surface area contributed by atoms with Gasteiger partial charge < -0.3 is 26.0 Å². The molecule has 14 heteroatoms. The van der Waals surface area contributed by atoms with Crippen LogP contribution in [-0.2, 0) is 19.3 Å². The number of carbonyl (C=O) groups is 1. The Bertz CT molecular complexity index is 1550. The Labute approximate surface area is 241 Å². The fourth-order valence-electron chi connectivity index (χ4n) is 4.78. The molecule has 3 aromatic rings.